The Bertz CT molecular complexity index is 1100. The number of likely N-dealkylation sites (N-methyl/N-ethyl adjacent to an activating group) is 1. The van der Waals surface area contributed by atoms with Crippen LogP contribution >= 0.6 is 0 Å². The van der Waals surface area contributed by atoms with Gasteiger partial charge in [0.2, 0.25) is 5.91 Å². The van der Waals surface area contributed by atoms with Crippen LogP contribution in [0.2, 0.25) is 0 Å². The molecule has 1 aliphatic rings. The molecule has 0 heterocycles. The van der Waals surface area contributed by atoms with Gasteiger partial charge in [-0.1, -0.05) is 18.9 Å². The summed E-state index contributed by atoms with van der Waals surface area (Å²) < 4.78 is 33.2. The zero-order chi connectivity index (χ0) is 23.5. The number of rotatable bonds is 8. The largest absolute Gasteiger partial charge is 0.497 e. The first-order valence-electron chi connectivity index (χ1n) is 10.3. The number of carbonyl (C=O) groups is 1. The number of hydrogen-bond acceptors (Lipinski definition) is 6. The minimum atomic E-state index is -4.26. The van der Waals surface area contributed by atoms with E-state index in [-0.39, 0.29) is 28.2 Å². The maximum atomic E-state index is 13.6. The van der Waals surface area contributed by atoms with Gasteiger partial charge in [-0.25, -0.2) is 8.42 Å². The SMILES string of the molecule is COc1ccc(N(CC(=O)N(C)C2CCCC2)S(=O)(=O)c2ccc(C)c([N+](=O)[O-])c2)cc1. The molecule has 1 amide bonds. The van der Waals surface area contributed by atoms with Gasteiger partial charge in [0.25, 0.3) is 15.7 Å². The van der Waals surface area contributed by atoms with Crippen molar-refractivity contribution >= 4 is 27.3 Å². The van der Waals surface area contributed by atoms with Gasteiger partial charge in [-0.2, -0.15) is 0 Å². The molecule has 172 valence electrons. The number of nitro benzene ring substituents is 1. The second kappa shape index (κ2) is 9.56. The molecule has 1 fully saturated rings. The van der Waals surface area contributed by atoms with Crippen LogP contribution in [0.4, 0.5) is 11.4 Å². The van der Waals surface area contributed by atoms with E-state index in [2.05, 4.69) is 0 Å². The maximum absolute atomic E-state index is 13.6. The normalized spacial score (nSPS) is 14.2. The summed E-state index contributed by atoms with van der Waals surface area (Å²) in [6, 6.07) is 10.1. The number of benzene rings is 2. The lowest BCUT2D eigenvalue weighted by Crippen LogP contribution is -2.44. The van der Waals surface area contributed by atoms with Crippen LogP contribution in [0.15, 0.2) is 47.4 Å². The van der Waals surface area contributed by atoms with Gasteiger partial charge in [-0.15, -0.1) is 0 Å². The van der Waals surface area contributed by atoms with E-state index >= 15 is 0 Å². The van der Waals surface area contributed by atoms with Crippen LogP contribution in [-0.4, -0.2) is 50.9 Å². The molecule has 9 nitrogen and oxygen atoms in total. The smallest absolute Gasteiger partial charge is 0.273 e. The topological polar surface area (TPSA) is 110 Å². The van der Waals surface area contributed by atoms with Crippen LogP contribution in [0.3, 0.4) is 0 Å². The van der Waals surface area contributed by atoms with E-state index in [1.807, 2.05) is 0 Å². The Morgan fingerprint density at radius 2 is 1.78 bits per heavy atom. The highest BCUT2D eigenvalue weighted by molar-refractivity contribution is 7.92. The first-order valence-corrected chi connectivity index (χ1v) is 11.8. The summed E-state index contributed by atoms with van der Waals surface area (Å²) in [4.78, 5) is 25.1. The van der Waals surface area contributed by atoms with Crippen LogP contribution < -0.4 is 9.04 Å². The molecule has 10 heteroatoms. The molecule has 1 saturated carbocycles. The van der Waals surface area contributed by atoms with E-state index in [0.717, 1.165) is 36.1 Å². The Kier molecular flexibility index (Phi) is 7.02. The molecule has 0 atom stereocenters. The average Bonchev–Trinajstić information content (AvgIpc) is 3.31. The number of amides is 1. The quantitative estimate of drug-likeness (QED) is 0.439. The Balaban J connectivity index is 2.01. The number of methoxy groups -OCH3 is 1. The molecule has 2 aromatic rings. The molecule has 0 aromatic heterocycles. The summed E-state index contributed by atoms with van der Waals surface area (Å²) in [6.45, 7) is 1.12. The third kappa shape index (κ3) is 4.85. The van der Waals surface area contributed by atoms with Crippen LogP contribution in [0, 0.1) is 17.0 Å². The molecule has 0 radical (unpaired) electrons. The van der Waals surface area contributed by atoms with E-state index in [9.17, 15) is 23.3 Å². The molecule has 0 bridgehead atoms. The van der Waals surface area contributed by atoms with Gasteiger partial charge in [0, 0.05) is 24.7 Å². The predicted molar refractivity (Wildman–Crippen MR) is 120 cm³/mol. The third-order valence-electron chi connectivity index (χ3n) is 5.87. The van der Waals surface area contributed by atoms with Gasteiger partial charge in [0.1, 0.15) is 12.3 Å². The number of nitro groups is 1. The number of ether oxygens (including phenoxy) is 1. The first kappa shape index (κ1) is 23.5. The van der Waals surface area contributed by atoms with Crippen molar-refractivity contribution in [2.75, 3.05) is 25.0 Å². The number of carbonyl (C=O) groups excluding carboxylic acids is 1. The van der Waals surface area contributed by atoms with Crippen molar-refractivity contribution in [3.05, 3.63) is 58.1 Å². The Morgan fingerprint density at radius 1 is 1.16 bits per heavy atom. The highest BCUT2D eigenvalue weighted by atomic mass is 32.2. The number of sulfonamides is 1. The fraction of sp³-hybridized carbons (Fsp3) is 0.409. The average molecular weight is 462 g/mol. The minimum Gasteiger partial charge on any atom is -0.497 e. The lowest BCUT2D eigenvalue weighted by molar-refractivity contribution is -0.385. The van der Waals surface area contributed by atoms with E-state index in [0.29, 0.717) is 11.3 Å². The summed E-state index contributed by atoms with van der Waals surface area (Å²) in [5.74, 6) is 0.198. The fourth-order valence-electron chi connectivity index (χ4n) is 3.87. The van der Waals surface area contributed by atoms with E-state index in [4.69, 9.17) is 4.74 Å². The van der Waals surface area contributed by atoms with Crippen molar-refractivity contribution in [1.29, 1.82) is 0 Å². The number of nitrogens with zero attached hydrogens (tertiary/aromatic N) is 3. The first-order chi connectivity index (χ1) is 15.1. The van der Waals surface area contributed by atoms with Crippen LogP contribution in [-0.2, 0) is 14.8 Å². The molecular weight excluding hydrogens is 434 g/mol. The molecule has 1 aliphatic carbocycles. The third-order valence-corrected chi connectivity index (χ3v) is 7.64. The lowest BCUT2D eigenvalue weighted by atomic mass is 10.2. The van der Waals surface area contributed by atoms with E-state index < -0.39 is 21.5 Å². The van der Waals surface area contributed by atoms with Crippen molar-refractivity contribution in [2.45, 2.75) is 43.5 Å². The van der Waals surface area contributed by atoms with Gasteiger partial charge in [-0.3, -0.25) is 19.2 Å². The Hall–Kier alpha value is -3.14. The molecule has 0 N–H and O–H groups in total. The maximum Gasteiger partial charge on any atom is 0.273 e. The van der Waals surface area contributed by atoms with Crippen molar-refractivity contribution in [3.63, 3.8) is 0 Å². The number of anilines is 1. The van der Waals surface area contributed by atoms with Crippen LogP contribution in [0.25, 0.3) is 0 Å². The molecule has 0 aliphatic heterocycles. The molecule has 0 spiro atoms. The number of hydrogen-bond donors (Lipinski definition) is 0. The minimum absolute atomic E-state index is 0.0865. The van der Waals surface area contributed by atoms with Crippen LogP contribution in [0.1, 0.15) is 31.2 Å². The molecule has 2 aromatic carbocycles. The summed E-state index contributed by atoms with van der Waals surface area (Å²) in [5, 5.41) is 11.3. The molecule has 0 saturated heterocycles. The van der Waals surface area contributed by atoms with Crippen LogP contribution in [0.5, 0.6) is 5.75 Å². The van der Waals surface area contributed by atoms with Gasteiger partial charge in [0.05, 0.1) is 22.6 Å². The molecule has 32 heavy (non-hydrogen) atoms. The van der Waals surface area contributed by atoms with E-state index in [1.165, 1.54) is 26.2 Å². The van der Waals surface area contributed by atoms with Crippen molar-refractivity contribution in [3.8, 4) is 5.75 Å². The molecule has 3 rings (SSSR count). The fourth-order valence-corrected chi connectivity index (χ4v) is 5.30. The summed E-state index contributed by atoms with van der Waals surface area (Å²) in [5.41, 5.74) is 0.319. The molecular formula is C22H27N3O6S. The number of aryl methyl sites for hydroxylation is 1. The summed E-state index contributed by atoms with van der Waals surface area (Å²) in [6.07, 6.45) is 3.86. The second-order valence-corrected chi connectivity index (χ2v) is 9.72. The highest BCUT2D eigenvalue weighted by Gasteiger charge is 2.32. The summed E-state index contributed by atoms with van der Waals surface area (Å²) >= 11 is 0. The zero-order valence-electron chi connectivity index (χ0n) is 18.4. The standard InChI is InChI=1S/C22H27N3O6S/c1-16-8-13-20(14-21(16)25(27)28)32(29,30)24(18-9-11-19(31-3)12-10-18)15-22(26)23(2)17-6-4-5-7-17/h8-14,17H,4-7,15H2,1-3H3. The van der Waals surface area contributed by atoms with E-state index in [1.54, 1.807) is 36.2 Å². The molecule has 0 unspecified atom stereocenters. The van der Waals surface area contributed by atoms with Crippen molar-refractivity contribution in [1.82, 2.24) is 4.90 Å². The Morgan fingerprint density at radius 3 is 2.34 bits per heavy atom. The second-order valence-electron chi connectivity index (χ2n) is 7.86. The monoisotopic (exact) mass is 461 g/mol. The predicted octanol–water partition coefficient (Wildman–Crippen LogP) is 3.51. The van der Waals surface area contributed by atoms with Gasteiger partial charge in [0.15, 0.2) is 0 Å². The lowest BCUT2D eigenvalue weighted by Gasteiger charge is -2.29. The van der Waals surface area contributed by atoms with Gasteiger partial charge < -0.3 is 9.64 Å². The highest BCUT2D eigenvalue weighted by Crippen LogP contribution is 2.30. The van der Waals surface area contributed by atoms with Gasteiger partial charge in [-0.05, 0) is 50.1 Å². The van der Waals surface area contributed by atoms with Gasteiger partial charge >= 0.3 is 0 Å². The summed E-state index contributed by atoms with van der Waals surface area (Å²) in [7, 11) is -1.07. The Labute approximate surface area is 187 Å². The zero-order valence-corrected chi connectivity index (χ0v) is 19.2. The van der Waals surface area contributed by atoms with Crippen molar-refractivity contribution < 1.29 is 22.9 Å². The van der Waals surface area contributed by atoms with Crippen molar-refractivity contribution in [2.24, 2.45) is 0 Å².